The van der Waals surface area contributed by atoms with E-state index in [4.69, 9.17) is 27.8 Å². The molecule has 0 aliphatic carbocycles. The first-order chi connectivity index (χ1) is 10.1. The van der Waals surface area contributed by atoms with Gasteiger partial charge < -0.3 is 20.9 Å². The summed E-state index contributed by atoms with van der Waals surface area (Å²) >= 11 is 14.4. The van der Waals surface area contributed by atoms with E-state index in [1.807, 2.05) is 6.92 Å². The van der Waals surface area contributed by atoms with E-state index in [-0.39, 0.29) is 15.9 Å². The van der Waals surface area contributed by atoms with E-state index < -0.39 is 0 Å². The van der Waals surface area contributed by atoms with Gasteiger partial charge >= 0.3 is 0 Å². The first-order valence-electron chi connectivity index (χ1n) is 7.58. The maximum absolute atomic E-state index is 5.47. The molecule has 0 heterocycles. The zero-order valence-electron chi connectivity index (χ0n) is 14.7. The van der Waals surface area contributed by atoms with Gasteiger partial charge in [-0.25, -0.2) is 0 Å². The Labute approximate surface area is 152 Å². The number of ether oxygens (including phenoxy) is 2. The van der Waals surface area contributed by atoms with Gasteiger partial charge in [-0.2, -0.15) is 0 Å². The molecule has 0 aromatic heterocycles. The van der Waals surface area contributed by atoms with Gasteiger partial charge in [0.05, 0.1) is 6.61 Å². The van der Waals surface area contributed by atoms with Crippen LogP contribution in [0.25, 0.3) is 0 Å². The van der Waals surface area contributed by atoms with Crippen LogP contribution < -0.4 is 11.5 Å². The maximum Gasteiger partial charge on any atom is 0.255 e. The lowest BCUT2D eigenvalue weighted by Gasteiger charge is -2.05. The molecule has 0 aliphatic rings. The van der Waals surface area contributed by atoms with Gasteiger partial charge in [-0.3, -0.25) is 0 Å². The van der Waals surface area contributed by atoms with Crippen molar-refractivity contribution in [2.24, 2.45) is 23.3 Å². The van der Waals surface area contributed by atoms with Crippen molar-refractivity contribution in [2.45, 2.75) is 66.4 Å². The fraction of sp³-hybridized carbons (Fsp3) is 0.867. The van der Waals surface area contributed by atoms with Gasteiger partial charge in [-0.05, 0) is 49.1 Å². The smallest absolute Gasteiger partial charge is 0.255 e. The number of alkyl halides is 1. The molecular formula is C15H33ClN2O2S2. The van der Waals surface area contributed by atoms with Crippen LogP contribution in [-0.2, 0) is 9.47 Å². The minimum absolute atomic E-state index is 0.00634. The third kappa shape index (κ3) is 36.7. The van der Waals surface area contributed by atoms with Crippen molar-refractivity contribution in [2.75, 3.05) is 6.61 Å². The van der Waals surface area contributed by atoms with Crippen LogP contribution in [-0.4, -0.2) is 22.5 Å². The molecule has 0 fully saturated rings. The molecule has 1 unspecified atom stereocenters. The zero-order valence-corrected chi connectivity index (χ0v) is 17.1. The molecule has 0 radical (unpaired) electrons. The van der Waals surface area contributed by atoms with Crippen molar-refractivity contribution >= 4 is 46.4 Å². The molecule has 0 saturated carbocycles. The van der Waals surface area contributed by atoms with Crippen molar-refractivity contribution < 1.29 is 9.47 Å². The molecular weight excluding hydrogens is 340 g/mol. The highest BCUT2D eigenvalue weighted by Crippen LogP contribution is 2.01. The lowest BCUT2D eigenvalue weighted by Crippen LogP contribution is -2.17. The minimum Gasteiger partial charge on any atom is -0.471 e. The zero-order chi connectivity index (χ0) is 18.1. The topological polar surface area (TPSA) is 70.5 Å². The monoisotopic (exact) mass is 372 g/mol. The fourth-order valence-electron chi connectivity index (χ4n) is 0.605. The number of rotatable bonds is 6. The third-order valence-corrected chi connectivity index (χ3v) is 2.93. The van der Waals surface area contributed by atoms with E-state index in [2.05, 4.69) is 63.8 Å². The van der Waals surface area contributed by atoms with Crippen molar-refractivity contribution in [1.29, 1.82) is 0 Å². The molecule has 0 bridgehead atoms. The Balaban J connectivity index is -0.000000257. The highest BCUT2D eigenvalue weighted by atomic mass is 35.5. The first kappa shape index (κ1) is 26.6. The van der Waals surface area contributed by atoms with Gasteiger partial charge in [0.2, 0.25) is 0 Å². The number of thiocarbonyl (C=S) groups is 2. The molecule has 4 N–H and O–H groups in total. The van der Waals surface area contributed by atoms with Crippen LogP contribution in [0.2, 0.25) is 0 Å². The number of halogens is 1. The minimum atomic E-state index is -0.368. The second-order valence-electron chi connectivity index (χ2n) is 5.41. The van der Waals surface area contributed by atoms with Crippen LogP contribution >= 0.6 is 36.0 Å². The van der Waals surface area contributed by atoms with Crippen LogP contribution in [0, 0.1) is 11.8 Å². The van der Waals surface area contributed by atoms with Gasteiger partial charge in [0.15, 0.2) is 5.56 Å². The third-order valence-electron chi connectivity index (χ3n) is 2.32. The number of hydrogen-bond donors (Lipinski definition) is 2. The number of hydrogen-bond acceptors (Lipinski definition) is 4. The Morgan fingerprint density at radius 2 is 1.41 bits per heavy atom. The summed E-state index contributed by atoms with van der Waals surface area (Å²) in [6.07, 6.45) is 3.02. The van der Waals surface area contributed by atoms with Gasteiger partial charge in [-0.15, -0.1) is 0 Å². The Bertz CT molecular complexity index is 278. The summed E-state index contributed by atoms with van der Waals surface area (Å²) in [6, 6.07) is 0. The van der Waals surface area contributed by atoms with E-state index in [9.17, 15) is 0 Å². The summed E-state index contributed by atoms with van der Waals surface area (Å²) in [5.41, 5.74) is 9.71. The van der Waals surface area contributed by atoms with E-state index in [0.29, 0.717) is 18.9 Å². The average molecular weight is 373 g/mol. The SMILES string of the molecule is CC(C)CCOC(N)=S.CCC(C)C.CCC(Cl)OC(N)=S. The van der Waals surface area contributed by atoms with Crippen LogP contribution in [0.5, 0.6) is 0 Å². The van der Waals surface area contributed by atoms with Crippen LogP contribution in [0.4, 0.5) is 0 Å². The summed E-state index contributed by atoms with van der Waals surface area (Å²) in [5, 5.41) is 0.155. The van der Waals surface area contributed by atoms with Crippen LogP contribution in [0.1, 0.15) is 60.8 Å². The highest BCUT2D eigenvalue weighted by Gasteiger charge is 1.99. The lowest BCUT2D eigenvalue weighted by molar-refractivity contribution is 0.267. The molecule has 0 saturated heterocycles. The van der Waals surface area contributed by atoms with Gasteiger partial charge in [0.1, 0.15) is 0 Å². The Morgan fingerprint density at radius 1 is 0.955 bits per heavy atom. The Kier molecular flexibility index (Phi) is 22.6. The summed E-state index contributed by atoms with van der Waals surface area (Å²) in [6.45, 7) is 13.4. The molecule has 0 aromatic carbocycles. The normalized spacial score (nSPS) is 10.8. The predicted octanol–water partition coefficient (Wildman–Crippen LogP) is 4.57. The van der Waals surface area contributed by atoms with Gasteiger partial charge in [0.25, 0.3) is 10.3 Å². The molecule has 0 aliphatic heterocycles. The van der Waals surface area contributed by atoms with Gasteiger partial charge in [0, 0.05) is 0 Å². The summed E-state index contributed by atoms with van der Waals surface area (Å²) < 4.78 is 9.54. The van der Waals surface area contributed by atoms with E-state index in [1.165, 1.54) is 6.42 Å². The average Bonchev–Trinajstić information content (AvgIpc) is 2.38. The van der Waals surface area contributed by atoms with E-state index >= 15 is 0 Å². The molecule has 0 amide bonds. The largest absolute Gasteiger partial charge is 0.471 e. The van der Waals surface area contributed by atoms with Crippen molar-refractivity contribution in [3.05, 3.63) is 0 Å². The molecule has 4 nitrogen and oxygen atoms in total. The van der Waals surface area contributed by atoms with Crippen molar-refractivity contribution in [3.8, 4) is 0 Å². The van der Waals surface area contributed by atoms with Crippen molar-refractivity contribution in [3.63, 3.8) is 0 Å². The number of nitrogens with two attached hydrogens (primary N) is 2. The lowest BCUT2D eigenvalue weighted by atomic mass is 10.1. The van der Waals surface area contributed by atoms with E-state index in [0.717, 1.165) is 12.3 Å². The fourth-order valence-corrected chi connectivity index (χ4v) is 0.953. The highest BCUT2D eigenvalue weighted by molar-refractivity contribution is 7.80. The molecule has 0 spiro atoms. The van der Waals surface area contributed by atoms with Crippen LogP contribution in [0.15, 0.2) is 0 Å². The molecule has 1 atom stereocenters. The summed E-state index contributed by atoms with van der Waals surface area (Å²) in [4.78, 5) is 0. The standard InChI is InChI=1S/C6H13NOS.C5H12.C4H8ClNOS/c1-5(2)3-4-8-6(7)9;1-4-5(2)3;1-2-3(5)7-4(6)8/h5H,3-4H2,1-2H3,(H2,7,9);5H,4H2,1-3H3;3H,2H2,1H3,(H2,6,8). The molecule has 22 heavy (non-hydrogen) atoms. The molecule has 0 rings (SSSR count). The maximum atomic E-state index is 5.47. The van der Waals surface area contributed by atoms with Gasteiger partial charge in [-0.1, -0.05) is 59.6 Å². The van der Waals surface area contributed by atoms with Crippen molar-refractivity contribution in [1.82, 2.24) is 0 Å². The second kappa shape index (κ2) is 18.7. The second-order valence-corrected chi connectivity index (χ2v) is 6.70. The molecule has 7 heteroatoms. The summed E-state index contributed by atoms with van der Waals surface area (Å²) in [7, 11) is 0. The quantitative estimate of drug-likeness (QED) is 0.525. The van der Waals surface area contributed by atoms with E-state index in [1.54, 1.807) is 0 Å². The van der Waals surface area contributed by atoms with Crippen LogP contribution in [0.3, 0.4) is 0 Å². The molecule has 134 valence electrons. The first-order valence-corrected chi connectivity index (χ1v) is 8.84. The Morgan fingerprint density at radius 3 is 1.59 bits per heavy atom. The Hall–Kier alpha value is -0.330. The summed E-state index contributed by atoms with van der Waals surface area (Å²) in [5.74, 6) is 1.54. The predicted molar refractivity (Wildman–Crippen MR) is 105 cm³/mol. The molecule has 0 aromatic rings.